The monoisotopic (exact) mass is 391 g/mol. The van der Waals surface area contributed by atoms with Crippen LogP contribution in [0.5, 0.6) is 0 Å². The maximum absolute atomic E-state index is 5.98. The summed E-state index contributed by atoms with van der Waals surface area (Å²) >= 11 is 3.59. The van der Waals surface area contributed by atoms with E-state index in [1.165, 1.54) is 11.1 Å². The summed E-state index contributed by atoms with van der Waals surface area (Å²) in [6.45, 7) is 0.588. The fourth-order valence-electron chi connectivity index (χ4n) is 3.30. The van der Waals surface area contributed by atoms with Gasteiger partial charge < -0.3 is 4.74 Å². The van der Waals surface area contributed by atoms with Crippen LogP contribution in [0.3, 0.4) is 0 Å². The number of hydrogen-bond acceptors (Lipinski definition) is 2. The second kappa shape index (κ2) is 7.24. The molecule has 2 nitrogen and oxygen atoms in total. The molecule has 0 amide bonds. The lowest BCUT2D eigenvalue weighted by atomic mass is 9.86. The normalized spacial score (nSPS) is 16.6. The third kappa shape index (κ3) is 3.38. The largest absolute Gasteiger partial charge is 0.475 e. The van der Waals surface area contributed by atoms with Crippen LogP contribution in [0.2, 0.25) is 0 Å². The van der Waals surface area contributed by atoms with Gasteiger partial charge in [0.25, 0.3) is 0 Å². The smallest absolute Gasteiger partial charge is 0.217 e. The molecule has 1 heterocycles. The number of benzene rings is 3. The van der Waals surface area contributed by atoms with Crippen LogP contribution in [0.1, 0.15) is 22.6 Å². The fraction of sp³-hybridized carbons (Fsp3) is 0.136. The molecule has 0 spiro atoms. The standard InChI is InChI=1S/C22H18BrNO/c23-19-14-8-7-13-18(19)22-24-20(15-25-22)21(16-9-3-1-4-10-16)17-11-5-2-6-12-17/h1-14,20-21H,15H2/t20-/m1/s1. The van der Waals surface area contributed by atoms with E-state index in [-0.39, 0.29) is 12.0 Å². The first kappa shape index (κ1) is 16.1. The summed E-state index contributed by atoms with van der Waals surface area (Å²) in [5.41, 5.74) is 3.53. The Hall–Kier alpha value is -2.39. The molecule has 0 unspecified atom stereocenters. The Bertz CT molecular complexity index is 837. The summed E-state index contributed by atoms with van der Waals surface area (Å²) in [5, 5.41) is 0. The van der Waals surface area contributed by atoms with Gasteiger partial charge in [-0.15, -0.1) is 0 Å². The van der Waals surface area contributed by atoms with Crippen molar-refractivity contribution in [2.24, 2.45) is 4.99 Å². The molecule has 0 N–H and O–H groups in total. The van der Waals surface area contributed by atoms with Gasteiger partial charge in [-0.1, -0.05) is 72.8 Å². The molecule has 3 aromatic rings. The first-order valence-corrected chi connectivity index (χ1v) is 9.17. The fourth-order valence-corrected chi connectivity index (χ4v) is 3.75. The molecule has 0 radical (unpaired) electrons. The lowest BCUT2D eigenvalue weighted by Crippen LogP contribution is -2.19. The average Bonchev–Trinajstić information content (AvgIpc) is 3.13. The summed E-state index contributed by atoms with van der Waals surface area (Å²) in [6.07, 6.45) is 0. The summed E-state index contributed by atoms with van der Waals surface area (Å²) < 4.78 is 6.98. The topological polar surface area (TPSA) is 21.6 Å². The number of ether oxygens (including phenoxy) is 1. The van der Waals surface area contributed by atoms with Gasteiger partial charge in [0.1, 0.15) is 6.61 Å². The molecule has 4 rings (SSSR count). The summed E-state index contributed by atoms with van der Waals surface area (Å²) in [5.74, 6) is 0.900. The number of halogens is 1. The predicted molar refractivity (Wildman–Crippen MR) is 105 cm³/mol. The highest BCUT2D eigenvalue weighted by Gasteiger charge is 2.31. The maximum atomic E-state index is 5.98. The van der Waals surface area contributed by atoms with Gasteiger partial charge >= 0.3 is 0 Å². The quantitative estimate of drug-likeness (QED) is 0.581. The molecule has 0 saturated carbocycles. The van der Waals surface area contributed by atoms with Crippen LogP contribution in [0.15, 0.2) is 94.4 Å². The van der Waals surface area contributed by atoms with Gasteiger partial charge in [-0.3, -0.25) is 0 Å². The molecule has 3 heteroatoms. The number of nitrogens with zero attached hydrogens (tertiary/aromatic N) is 1. The summed E-state index contributed by atoms with van der Waals surface area (Å²) in [4.78, 5) is 4.94. The van der Waals surface area contributed by atoms with E-state index in [9.17, 15) is 0 Å². The molecule has 25 heavy (non-hydrogen) atoms. The van der Waals surface area contributed by atoms with Crippen LogP contribution in [-0.4, -0.2) is 18.5 Å². The van der Waals surface area contributed by atoms with Crippen LogP contribution < -0.4 is 0 Å². The van der Waals surface area contributed by atoms with Crippen molar-refractivity contribution in [2.75, 3.05) is 6.61 Å². The molecule has 1 atom stereocenters. The second-order valence-corrected chi connectivity index (χ2v) is 6.95. The number of rotatable bonds is 4. The van der Waals surface area contributed by atoms with Crippen LogP contribution in [0.25, 0.3) is 0 Å². The minimum Gasteiger partial charge on any atom is -0.475 e. The van der Waals surface area contributed by atoms with E-state index < -0.39 is 0 Å². The van der Waals surface area contributed by atoms with Gasteiger partial charge in [-0.25, -0.2) is 4.99 Å². The van der Waals surface area contributed by atoms with Gasteiger partial charge in [0.2, 0.25) is 5.90 Å². The Morgan fingerprint density at radius 2 is 1.36 bits per heavy atom. The highest BCUT2D eigenvalue weighted by molar-refractivity contribution is 9.10. The first-order valence-electron chi connectivity index (χ1n) is 8.38. The molecule has 1 aliphatic heterocycles. The van der Waals surface area contributed by atoms with Gasteiger partial charge in [-0.2, -0.15) is 0 Å². The van der Waals surface area contributed by atoms with Crippen molar-refractivity contribution in [3.8, 4) is 0 Å². The molecule has 0 bridgehead atoms. The van der Waals surface area contributed by atoms with E-state index in [1.54, 1.807) is 0 Å². The highest BCUT2D eigenvalue weighted by atomic mass is 79.9. The Kier molecular flexibility index (Phi) is 4.66. The zero-order valence-electron chi connectivity index (χ0n) is 13.7. The molecular weight excluding hydrogens is 374 g/mol. The van der Waals surface area contributed by atoms with Crippen molar-refractivity contribution >= 4 is 21.8 Å². The average molecular weight is 392 g/mol. The third-order valence-electron chi connectivity index (χ3n) is 4.48. The van der Waals surface area contributed by atoms with E-state index in [2.05, 4.69) is 64.5 Å². The Morgan fingerprint density at radius 1 is 0.800 bits per heavy atom. The van der Waals surface area contributed by atoms with Crippen molar-refractivity contribution in [2.45, 2.75) is 12.0 Å². The van der Waals surface area contributed by atoms with E-state index in [0.717, 1.165) is 10.0 Å². The first-order chi connectivity index (χ1) is 12.3. The van der Waals surface area contributed by atoms with Crippen molar-refractivity contribution < 1.29 is 4.74 Å². The van der Waals surface area contributed by atoms with E-state index in [1.807, 2.05) is 36.4 Å². The van der Waals surface area contributed by atoms with Gasteiger partial charge in [0.05, 0.1) is 11.6 Å². The molecule has 0 fully saturated rings. The zero-order chi connectivity index (χ0) is 17.1. The van der Waals surface area contributed by atoms with Crippen LogP contribution in [-0.2, 0) is 4.74 Å². The molecule has 0 aromatic heterocycles. The van der Waals surface area contributed by atoms with Crippen molar-refractivity contribution in [1.29, 1.82) is 0 Å². The molecule has 3 aromatic carbocycles. The van der Waals surface area contributed by atoms with E-state index in [0.29, 0.717) is 12.5 Å². The molecular formula is C22H18BrNO. The second-order valence-electron chi connectivity index (χ2n) is 6.09. The molecule has 1 aliphatic rings. The summed E-state index contributed by atoms with van der Waals surface area (Å²) in [7, 11) is 0. The van der Waals surface area contributed by atoms with Crippen molar-refractivity contribution in [1.82, 2.24) is 0 Å². The number of aliphatic imine (C=N–C) groups is 1. The molecule has 124 valence electrons. The minimum atomic E-state index is 0.0620. The summed E-state index contributed by atoms with van der Waals surface area (Å²) in [6, 6.07) is 29.2. The lowest BCUT2D eigenvalue weighted by Gasteiger charge is -2.21. The SMILES string of the molecule is Brc1ccccc1C1=N[C@@H](C(c2ccccc2)c2ccccc2)CO1. The van der Waals surface area contributed by atoms with E-state index in [4.69, 9.17) is 9.73 Å². The maximum Gasteiger partial charge on any atom is 0.217 e. The molecule has 0 aliphatic carbocycles. The van der Waals surface area contributed by atoms with Crippen LogP contribution in [0, 0.1) is 0 Å². The predicted octanol–water partition coefficient (Wildman–Crippen LogP) is 5.43. The van der Waals surface area contributed by atoms with Crippen LogP contribution >= 0.6 is 15.9 Å². The molecule has 0 saturated heterocycles. The number of hydrogen-bond donors (Lipinski definition) is 0. The van der Waals surface area contributed by atoms with Crippen LogP contribution in [0.4, 0.5) is 0 Å². The van der Waals surface area contributed by atoms with Gasteiger partial charge in [-0.05, 0) is 39.2 Å². The van der Waals surface area contributed by atoms with Crippen molar-refractivity contribution in [3.05, 3.63) is 106 Å². The van der Waals surface area contributed by atoms with E-state index >= 15 is 0 Å². The van der Waals surface area contributed by atoms with Crippen molar-refractivity contribution in [3.63, 3.8) is 0 Å². The highest BCUT2D eigenvalue weighted by Crippen LogP contribution is 2.33. The lowest BCUT2D eigenvalue weighted by molar-refractivity contribution is 0.308. The Balaban J connectivity index is 1.73. The minimum absolute atomic E-state index is 0.0620. The third-order valence-corrected chi connectivity index (χ3v) is 5.17. The van der Waals surface area contributed by atoms with Gasteiger partial charge in [0.15, 0.2) is 0 Å². The van der Waals surface area contributed by atoms with Gasteiger partial charge in [0, 0.05) is 10.4 Å². The zero-order valence-corrected chi connectivity index (χ0v) is 15.3. The Morgan fingerprint density at radius 3 is 1.96 bits per heavy atom. The Labute approximate surface area is 156 Å².